The summed E-state index contributed by atoms with van der Waals surface area (Å²) in [5, 5.41) is 8.30. The van der Waals surface area contributed by atoms with Gasteiger partial charge in [-0.25, -0.2) is 4.68 Å². The molecular weight excluding hydrogens is 226 g/mol. The van der Waals surface area contributed by atoms with Crippen molar-refractivity contribution in [3.63, 3.8) is 0 Å². The predicted octanol–water partition coefficient (Wildman–Crippen LogP) is 3.03. The third-order valence-corrected chi connectivity index (χ3v) is 2.77. The van der Waals surface area contributed by atoms with Gasteiger partial charge in [0.05, 0.1) is 18.8 Å². The molecule has 0 aliphatic carbocycles. The monoisotopic (exact) mass is 253 g/mol. The number of hydrogen-bond acceptors (Lipinski definition) is 3. The minimum absolute atomic E-state index is 0.0609. The maximum absolute atomic E-state index is 5.62. The minimum Gasteiger partial charge on any atom is -0.380 e. The molecule has 104 valence electrons. The SMILES string of the molecule is CC(C)(C)CCOCCn1cc(C(C)(C)C)nn1. The first kappa shape index (κ1) is 15.2. The van der Waals surface area contributed by atoms with Crippen LogP contribution in [0.3, 0.4) is 0 Å². The molecule has 0 bridgehead atoms. The molecule has 0 saturated carbocycles. The Bertz CT molecular complexity index is 358. The van der Waals surface area contributed by atoms with E-state index in [4.69, 9.17) is 4.74 Å². The first-order chi connectivity index (χ1) is 8.18. The van der Waals surface area contributed by atoms with Crippen molar-refractivity contribution in [3.8, 4) is 0 Å². The zero-order chi connectivity index (χ0) is 13.8. The molecule has 4 nitrogen and oxygen atoms in total. The van der Waals surface area contributed by atoms with Crippen molar-refractivity contribution < 1.29 is 4.74 Å². The molecule has 0 aromatic carbocycles. The van der Waals surface area contributed by atoms with Crippen molar-refractivity contribution in [1.82, 2.24) is 15.0 Å². The number of rotatable bonds is 5. The van der Waals surface area contributed by atoms with Crippen LogP contribution in [0.1, 0.15) is 53.7 Å². The number of aromatic nitrogens is 3. The summed E-state index contributed by atoms with van der Waals surface area (Å²) in [5.74, 6) is 0. The predicted molar refractivity (Wildman–Crippen MR) is 73.6 cm³/mol. The lowest BCUT2D eigenvalue weighted by Crippen LogP contribution is -2.13. The summed E-state index contributed by atoms with van der Waals surface area (Å²) in [6.07, 6.45) is 3.09. The summed E-state index contributed by atoms with van der Waals surface area (Å²) in [4.78, 5) is 0. The van der Waals surface area contributed by atoms with Crippen molar-refractivity contribution in [2.75, 3.05) is 13.2 Å². The van der Waals surface area contributed by atoms with Gasteiger partial charge in [-0.15, -0.1) is 5.10 Å². The highest BCUT2D eigenvalue weighted by Crippen LogP contribution is 2.19. The third-order valence-electron chi connectivity index (χ3n) is 2.77. The molecule has 0 aliphatic rings. The van der Waals surface area contributed by atoms with Gasteiger partial charge >= 0.3 is 0 Å². The van der Waals surface area contributed by atoms with Crippen molar-refractivity contribution in [2.24, 2.45) is 5.41 Å². The van der Waals surface area contributed by atoms with E-state index in [-0.39, 0.29) is 5.41 Å². The van der Waals surface area contributed by atoms with Crippen LogP contribution in [0.5, 0.6) is 0 Å². The quantitative estimate of drug-likeness (QED) is 0.757. The molecule has 0 unspecified atom stereocenters. The van der Waals surface area contributed by atoms with Gasteiger partial charge in [-0.2, -0.15) is 0 Å². The Morgan fingerprint density at radius 3 is 2.28 bits per heavy atom. The van der Waals surface area contributed by atoms with E-state index >= 15 is 0 Å². The number of hydrogen-bond donors (Lipinski definition) is 0. The maximum atomic E-state index is 5.62. The number of ether oxygens (including phenoxy) is 1. The Balaban J connectivity index is 2.26. The molecule has 0 fully saturated rings. The zero-order valence-corrected chi connectivity index (χ0v) is 12.7. The Labute approximate surface area is 111 Å². The van der Waals surface area contributed by atoms with Crippen LogP contribution >= 0.6 is 0 Å². The molecule has 0 spiro atoms. The van der Waals surface area contributed by atoms with Crippen LogP contribution in [0.2, 0.25) is 0 Å². The van der Waals surface area contributed by atoms with Crippen LogP contribution in [0.25, 0.3) is 0 Å². The Hall–Kier alpha value is -0.900. The topological polar surface area (TPSA) is 39.9 Å². The van der Waals surface area contributed by atoms with E-state index in [9.17, 15) is 0 Å². The summed E-state index contributed by atoms with van der Waals surface area (Å²) in [6.45, 7) is 15.4. The largest absolute Gasteiger partial charge is 0.380 e. The van der Waals surface area contributed by atoms with Crippen LogP contribution in [-0.4, -0.2) is 28.2 Å². The summed E-state index contributed by atoms with van der Waals surface area (Å²) >= 11 is 0. The van der Waals surface area contributed by atoms with Gasteiger partial charge in [-0.3, -0.25) is 0 Å². The van der Waals surface area contributed by atoms with Crippen molar-refractivity contribution >= 4 is 0 Å². The van der Waals surface area contributed by atoms with E-state index in [1.54, 1.807) is 0 Å². The normalized spacial score (nSPS) is 13.0. The van der Waals surface area contributed by atoms with Gasteiger partial charge < -0.3 is 4.74 Å². The van der Waals surface area contributed by atoms with E-state index in [0.29, 0.717) is 12.0 Å². The standard InChI is InChI=1S/C14H27N3O/c1-13(2,3)7-9-18-10-8-17-11-12(15-16-17)14(4,5)6/h11H,7-10H2,1-6H3. The summed E-state index contributed by atoms with van der Waals surface area (Å²) < 4.78 is 7.48. The van der Waals surface area contributed by atoms with Gasteiger partial charge in [0, 0.05) is 18.2 Å². The molecule has 0 radical (unpaired) electrons. The molecule has 1 heterocycles. The molecule has 1 rings (SSSR count). The summed E-state index contributed by atoms with van der Waals surface area (Å²) in [7, 11) is 0. The maximum Gasteiger partial charge on any atom is 0.0880 e. The van der Waals surface area contributed by atoms with Gasteiger partial charge in [0.15, 0.2) is 0 Å². The molecule has 0 atom stereocenters. The lowest BCUT2D eigenvalue weighted by molar-refractivity contribution is 0.0996. The van der Waals surface area contributed by atoms with Gasteiger partial charge in [-0.05, 0) is 11.8 Å². The van der Waals surface area contributed by atoms with Crippen LogP contribution in [0.4, 0.5) is 0 Å². The third kappa shape index (κ3) is 5.63. The fourth-order valence-corrected chi connectivity index (χ4v) is 1.39. The van der Waals surface area contributed by atoms with E-state index < -0.39 is 0 Å². The Morgan fingerprint density at radius 1 is 1.11 bits per heavy atom. The van der Waals surface area contributed by atoms with Crippen molar-refractivity contribution in [3.05, 3.63) is 11.9 Å². The molecule has 1 aromatic heterocycles. The molecular formula is C14H27N3O. The van der Waals surface area contributed by atoms with Crippen LogP contribution in [0.15, 0.2) is 6.20 Å². The highest BCUT2D eigenvalue weighted by molar-refractivity contribution is 5.06. The van der Waals surface area contributed by atoms with Crippen molar-refractivity contribution in [1.29, 1.82) is 0 Å². The zero-order valence-electron chi connectivity index (χ0n) is 12.7. The molecule has 4 heteroatoms. The Morgan fingerprint density at radius 2 is 1.78 bits per heavy atom. The number of nitrogens with zero attached hydrogens (tertiary/aromatic N) is 3. The van der Waals surface area contributed by atoms with Crippen LogP contribution in [0, 0.1) is 5.41 Å². The summed E-state index contributed by atoms with van der Waals surface area (Å²) in [6, 6.07) is 0. The van der Waals surface area contributed by atoms with Gasteiger partial charge in [-0.1, -0.05) is 46.8 Å². The first-order valence-corrected chi connectivity index (χ1v) is 6.67. The highest BCUT2D eigenvalue weighted by Gasteiger charge is 2.17. The second-order valence-electron chi connectivity index (χ2n) is 7.04. The lowest BCUT2D eigenvalue weighted by atomic mass is 9.93. The van der Waals surface area contributed by atoms with E-state index in [0.717, 1.165) is 25.3 Å². The molecule has 0 saturated heterocycles. The van der Waals surface area contributed by atoms with Crippen LogP contribution < -0.4 is 0 Å². The highest BCUT2D eigenvalue weighted by atomic mass is 16.5. The molecule has 0 aliphatic heterocycles. The fraction of sp³-hybridized carbons (Fsp3) is 0.857. The Kier molecular flexibility index (Phi) is 4.91. The second kappa shape index (κ2) is 5.83. The molecule has 0 N–H and O–H groups in total. The van der Waals surface area contributed by atoms with E-state index in [1.165, 1.54) is 0 Å². The van der Waals surface area contributed by atoms with Crippen LogP contribution in [-0.2, 0) is 16.7 Å². The smallest absolute Gasteiger partial charge is 0.0880 e. The van der Waals surface area contributed by atoms with E-state index in [1.807, 2.05) is 10.9 Å². The first-order valence-electron chi connectivity index (χ1n) is 6.67. The van der Waals surface area contributed by atoms with Gasteiger partial charge in [0.1, 0.15) is 0 Å². The minimum atomic E-state index is 0.0609. The summed E-state index contributed by atoms with van der Waals surface area (Å²) in [5.41, 5.74) is 1.43. The lowest BCUT2D eigenvalue weighted by Gasteiger charge is -2.17. The average molecular weight is 253 g/mol. The molecule has 1 aromatic rings. The molecule has 18 heavy (non-hydrogen) atoms. The van der Waals surface area contributed by atoms with Crippen molar-refractivity contribution in [2.45, 2.75) is 59.9 Å². The second-order valence-corrected chi connectivity index (χ2v) is 7.04. The molecule has 0 amide bonds. The van der Waals surface area contributed by atoms with Gasteiger partial charge in [0.2, 0.25) is 0 Å². The van der Waals surface area contributed by atoms with Gasteiger partial charge in [0.25, 0.3) is 0 Å². The average Bonchev–Trinajstić information content (AvgIpc) is 2.63. The van der Waals surface area contributed by atoms with E-state index in [2.05, 4.69) is 51.9 Å². The fourth-order valence-electron chi connectivity index (χ4n) is 1.39.